The van der Waals surface area contributed by atoms with Gasteiger partial charge in [0.1, 0.15) is 36.5 Å². The Hall–Kier alpha value is -6.32. The van der Waals surface area contributed by atoms with E-state index in [1.54, 1.807) is 24.3 Å². The summed E-state index contributed by atoms with van der Waals surface area (Å²) >= 11 is 0. The van der Waals surface area contributed by atoms with Crippen LogP contribution in [0.3, 0.4) is 0 Å². The molecule has 4 heterocycles. The summed E-state index contributed by atoms with van der Waals surface area (Å²) in [7, 11) is 0. The first kappa shape index (κ1) is 59.6. The van der Waals surface area contributed by atoms with Crippen LogP contribution in [0.15, 0.2) is 53.5 Å². The molecular formula is C50H80N16O9. The molecule has 1 unspecified atom stereocenters. The summed E-state index contributed by atoms with van der Waals surface area (Å²) in [5.74, 6) is -3.99. The van der Waals surface area contributed by atoms with Gasteiger partial charge in [0.15, 0.2) is 11.7 Å². The molecule has 25 nitrogen and oxygen atoms in total. The number of aromatic hydroxyl groups is 1. The molecule has 4 aliphatic rings. The molecule has 6 rings (SSSR count). The molecule has 2 aromatic carbocycles. The molecule has 19 N–H and O–H groups in total. The number of phenolic OH excluding ortho intramolecular Hbond substituents is 1. The van der Waals surface area contributed by atoms with Gasteiger partial charge >= 0.3 is 0 Å². The fourth-order valence-electron chi connectivity index (χ4n) is 8.89. The van der Waals surface area contributed by atoms with E-state index in [-0.39, 0.29) is 81.2 Å². The SMILES string of the molecule is NC(N)=NCCC[C@H]1NC(=O)CCC(=O)[C@@H](COC=O)NC(=O)[C@H](Cc2ccc(O)cc2)NC(=O)C(CCCCNC(=O)c2ccc(CNC34CNCCNCC(N)(CNCCNC3)CNCCNC4)cc2)NC1=O. The molecule has 2 aromatic rings. The number of rotatable bonds is 18. The molecule has 0 saturated carbocycles. The predicted molar refractivity (Wildman–Crippen MR) is 282 cm³/mol. The van der Waals surface area contributed by atoms with Crippen LogP contribution >= 0.6 is 0 Å². The van der Waals surface area contributed by atoms with Crippen molar-refractivity contribution in [2.45, 2.75) is 93.2 Å². The number of unbranched alkanes of at least 4 members (excludes halogenated alkanes) is 1. The average molecular weight is 1050 g/mol. The number of fused-ring (bicyclic) bond motifs is 15. The molecule has 0 aromatic heterocycles. The van der Waals surface area contributed by atoms with Gasteiger partial charge in [0.25, 0.3) is 12.4 Å². The summed E-state index contributed by atoms with van der Waals surface area (Å²) < 4.78 is 4.84. The van der Waals surface area contributed by atoms with Crippen molar-refractivity contribution in [1.29, 1.82) is 0 Å². The zero-order valence-corrected chi connectivity index (χ0v) is 42.9. The normalized spacial score (nSPS) is 25.3. The third kappa shape index (κ3) is 21.4. The quantitative estimate of drug-likeness (QED) is 0.0288. The molecule has 4 aliphatic heterocycles. The van der Waals surface area contributed by atoms with Gasteiger partial charge in [0, 0.05) is 123 Å². The van der Waals surface area contributed by atoms with Crippen molar-refractivity contribution in [2.75, 3.05) is 98.2 Å². The zero-order valence-electron chi connectivity index (χ0n) is 42.9. The number of benzene rings is 2. The number of carbonyl (C=O) groups is 7. The van der Waals surface area contributed by atoms with Crippen molar-refractivity contribution in [3.05, 3.63) is 65.2 Å². The van der Waals surface area contributed by atoms with Crippen molar-refractivity contribution in [3.8, 4) is 5.75 Å². The number of hydrogen-bond donors (Lipinski definition) is 16. The number of nitrogens with one attached hydrogen (secondary N) is 12. The number of hydrogen-bond acceptors (Lipinski definition) is 18. The lowest BCUT2D eigenvalue weighted by molar-refractivity contribution is -0.136. The molecule has 0 spiro atoms. The van der Waals surface area contributed by atoms with E-state index in [9.17, 15) is 38.7 Å². The minimum absolute atomic E-state index is 0.0252. The Morgan fingerprint density at radius 3 is 1.77 bits per heavy atom. The molecule has 25 heteroatoms. The number of phenols is 1. The summed E-state index contributed by atoms with van der Waals surface area (Å²) in [5, 5.41) is 48.8. The third-order valence-corrected chi connectivity index (χ3v) is 13.2. The van der Waals surface area contributed by atoms with Crippen LogP contribution in [0.2, 0.25) is 0 Å². The van der Waals surface area contributed by atoms with Gasteiger partial charge in [-0.3, -0.25) is 38.6 Å². The smallest absolute Gasteiger partial charge is 0.293 e. The van der Waals surface area contributed by atoms with Gasteiger partial charge in [-0.25, -0.2) is 0 Å². The van der Waals surface area contributed by atoms with E-state index in [2.05, 4.69) is 68.8 Å². The number of aliphatic imine (C=N–C) groups is 1. The second-order valence-electron chi connectivity index (χ2n) is 19.5. The number of nitrogens with zero attached hydrogens (tertiary/aromatic N) is 1. The van der Waals surface area contributed by atoms with Gasteiger partial charge in [0.05, 0.1) is 11.1 Å². The molecule has 4 atom stereocenters. The summed E-state index contributed by atoms with van der Waals surface area (Å²) in [6.07, 6.45) is 0.294. The van der Waals surface area contributed by atoms with Crippen LogP contribution < -0.4 is 81.0 Å². The van der Waals surface area contributed by atoms with Crippen LogP contribution in [0, 0.1) is 0 Å². The third-order valence-electron chi connectivity index (χ3n) is 13.2. The lowest BCUT2D eigenvalue weighted by Gasteiger charge is -2.37. The first-order valence-corrected chi connectivity index (χ1v) is 25.9. The van der Waals surface area contributed by atoms with Crippen molar-refractivity contribution in [2.24, 2.45) is 22.2 Å². The van der Waals surface area contributed by atoms with Crippen LogP contribution in [-0.2, 0) is 46.5 Å². The second-order valence-corrected chi connectivity index (χ2v) is 19.5. The first-order valence-electron chi connectivity index (χ1n) is 25.9. The van der Waals surface area contributed by atoms with Gasteiger partial charge in [-0.2, -0.15) is 0 Å². The van der Waals surface area contributed by atoms with E-state index in [0.29, 0.717) is 69.8 Å². The Labute approximate surface area is 438 Å². The highest BCUT2D eigenvalue weighted by Gasteiger charge is 2.34. The summed E-state index contributed by atoms with van der Waals surface area (Å²) in [4.78, 5) is 97.1. The van der Waals surface area contributed by atoms with Crippen molar-refractivity contribution in [1.82, 2.24) is 63.8 Å². The van der Waals surface area contributed by atoms with Crippen LogP contribution in [0.4, 0.5) is 0 Å². The first-order chi connectivity index (χ1) is 36.2. The highest BCUT2D eigenvalue weighted by molar-refractivity contribution is 5.97. The molecule has 0 radical (unpaired) electrons. The molecule has 5 amide bonds. The monoisotopic (exact) mass is 1050 g/mol. The minimum atomic E-state index is -1.36. The van der Waals surface area contributed by atoms with E-state index in [1.807, 2.05) is 12.1 Å². The van der Waals surface area contributed by atoms with Gasteiger partial charge in [0.2, 0.25) is 23.6 Å². The van der Waals surface area contributed by atoms with Crippen molar-refractivity contribution in [3.63, 3.8) is 0 Å². The molecule has 0 aliphatic carbocycles. The molecule has 2 bridgehead atoms. The number of ether oxygens (including phenoxy) is 1. The van der Waals surface area contributed by atoms with E-state index in [0.717, 1.165) is 44.8 Å². The number of Topliss-reactive ketones (excluding diaryl/α,β-unsaturated/α-hetero) is 1. The van der Waals surface area contributed by atoms with Gasteiger partial charge < -0.3 is 90.8 Å². The summed E-state index contributed by atoms with van der Waals surface area (Å²) in [6, 6.07) is 8.28. The molecule has 75 heavy (non-hydrogen) atoms. The van der Waals surface area contributed by atoms with E-state index in [4.69, 9.17) is 21.9 Å². The summed E-state index contributed by atoms with van der Waals surface area (Å²) in [6.45, 7) is 9.41. The van der Waals surface area contributed by atoms with E-state index >= 15 is 0 Å². The molecule has 414 valence electrons. The fourth-order valence-corrected chi connectivity index (χ4v) is 8.89. The van der Waals surface area contributed by atoms with Crippen LogP contribution in [0.25, 0.3) is 0 Å². The number of amides is 5. The highest BCUT2D eigenvalue weighted by Crippen LogP contribution is 2.14. The van der Waals surface area contributed by atoms with E-state index in [1.165, 1.54) is 12.1 Å². The Bertz CT molecular complexity index is 2140. The van der Waals surface area contributed by atoms with E-state index < -0.39 is 65.7 Å². The van der Waals surface area contributed by atoms with Gasteiger partial charge in [-0.05, 0) is 67.5 Å². The van der Waals surface area contributed by atoms with Crippen LogP contribution in [0.5, 0.6) is 5.75 Å². The number of ketones is 1. The fraction of sp³-hybridized carbons (Fsp3) is 0.600. The number of carbonyl (C=O) groups excluding carboxylic acids is 7. The molecule has 4 fully saturated rings. The largest absolute Gasteiger partial charge is 0.508 e. The Balaban J connectivity index is 1.23. The van der Waals surface area contributed by atoms with Crippen LogP contribution in [0.1, 0.15) is 66.4 Å². The Morgan fingerprint density at radius 1 is 0.667 bits per heavy atom. The zero-order chi connectivity index (χ0) is 53.9. The Kier molecular flexibility index (Phi) is 25.0. The van der Waals surface area contributed by atoms with Gasteiger partial charge in [-0.15, -0.1) is 0 Å². The topological polar surface area (TPSA) is 384 Å². The Morgan fingerprint density at radius 2 is 1.19 bits per heavy atom. The highest BCUT2D eigenvalue weighted by atomic mass is 16.5. The van der Waals surface area contributed by atoms with Crippen molar-refractivity contribution >= 4 is 47.8 Å². The van der Waals surface area contributed by atoms with Gasteiger partial charge in [-0.1, -0.05) is 24.3 Å². The average Bonchev–Trinajstić information content (AvgIpc) is 3.39. The minimum Gasteiger partial charge on any atom is -0.508 e. The maximum absolute atomic E-state index is 14.2. The lowest BCUT2D eigenvalue weighted by Crippen LogP contribution is -2.66. The lowest BCUT2D eigenvalue weighted by atomic mass is 9.97. The molecular weight excluding hydrogens is 969 g/mol. The standard InChI is InChI=1S/C50H80N16O9/c51-48(52)61-17-3-5-38-45(72)64-39(46(73)65-40(24-34-8-12-37(68)13-9-34)47(74)66-41(26-75-33-67)42(69)14-15-43(70)63-38)4-1-2-16-60-44(71)36-10-6-35(7-11-36)25-62-50-30-57-21-18-54-27-49(53,28-55-19-22-58-31-50)29-56-20-23-59-32-50/h6-13,33,38-41,54-59,62,68H,1-5,14-32,53H2,(H,60,71)(H,63,70)(H,64,72)(H,65,73)(H,66,74)(H4,51,52,61)/t38-,39?,40+,41-,49?,50?/m1/s1. The maximum atomic E-state index is 14.2. The second kappa shape index (κ2) is 31.5. The number of nitrogens with two attached hydrogens (primary N) is 3. The molecule has 4 saturated heterocycles. The predicted octanol–water partition coefficient (Wildman–Crippen LogP) is -4.85. The summed E-state index contributed by atoms with van der Waals surface area (Å²) in [5.41, 5.74) is 19.0. The van der Waals surface area contributed by atoms with Crippen LogP contribution in [-0.4, -0.2) is 186 Å². The maximum Gasteiger partial charge on any atom is 0.293 e. The number of guanidine groups is 1. The van der Waals surface area contributed by atoms with Crippen molar-refractivity contribution < 1.29 is 43.4 Å².